The molecule has 0 rings (SSSR count). The van der Waals surface area contributed by atoms with E-state index in [-0.39, 0.29) is 6.55 Å². The summed E-state index contributed by atoms with van der Waals surface area (Å²) in [5.74, 6) is -79.0. The molecule has 29 heteroatoms. The maximum atomic E-state index is 14.3. The van der Waals surface area contributed by atoms with Gasteiger partial charge in [-0.05, 0) is 38.3 Å². The van der Waals surface area contributed by atoms with Crippen LogP contribution in [0.2, 0.25) is 38.3 Å². The van der Waals surface area contributed by atoms with Crippen molar-refractivity contribution in [1.82, 2.24) is 0 Å². The topological polar surface area (TPSA) is 9.23 Å². The van der Waals surface area contributed by atoms with Crippen LogP contribution in [0.5, 0.6) is 0 Å². The van der Waals surface area contributed by atoms with Crippen molar-refractivity contribution in [1.29, 1.82) is 0 Å². The minimum Gasteiger partial charge on any atom is -0.455 e. The zero-order valence-corrected chi connectivity index (χ0v) is 26.1. The van der Waals surface area contributed by atoms with Crippen molar-refractivity contribution in [3.8, 4) is 0 Å². The maximum Gasteiger partial charge on any atom is 0.460 e. The third-order valence-electron chi connectivity index (χ3n) is 6.49. The van der Waals surface area contributed by atoms with E-state index in [0.29, 0.717) is 0 Å². The summed E-state index contributed by atoms with van der Waals surface area (Å²) >= 11 is 0. The van der Waals surface area contributed by atoms with E-state index in [0.717, 1.165) is 19.6 Å². The van der Waals surface area contributed by atoms with E-state index in [1.165, 1.54) is 0 Å². The van der Waals surface area contributed by atoms with Crippen molar-refractivity contribution >= 4 is 16.6 Å². The van der Waals surface area contributed by atoms with Gasteiger partial charge in [0.25, 0.3) is 0 Å². The molecular weight excluding hydrogens is 806 g/mol. The molecule has 0 aliphatic heterocycles. The first-order chi connectivity index (χ1) is 20.6. The van der Waals surface area contributed by atoms with E-state index in [2.05, 4.69) is 0 Å². The van der Waals surface area contributed by atoms with Gasteiger partial charge in [0.15, 0.2) is 16.6 Å². The van der Waals surface area contributed by atoms with E-state index in [9.17, 15) is 114 Å². The molecular formula is C20H20F26OSi2. The molecule has 0 aromatic rings. The van der Waals surface area contributed by atoms with Crippen LogP contribution in [0.3, 0.4) is 0 Å². The second-order valence-corrected chi connectivity index (χ2v) is 20.6. The Labute approximate surface area is 258 Å². The first-order valence-corrected chi connectivity index (χ1v) is 18.5. The van der Waals surface area contributed by atoms with E-state index in [1.54, 1.807) is 0 Å². The summed E-state index contributed by atoms with van der Waals surface area (Å²) in [6.45, 7) is 3.03. The Balaban J connectivity index is 6.73. The highest BCUT2D eigenvalue weighted by Gasteiger charge is 2.92. The van der Waals surface area contributed by atoms with Gasteiger partial charge in [-0.15, -0.1) is 0 Å². The normalized spacial score (nSPS) is 16.8. The Morgan fingerprint density at radius 3 is 0.714 bits per heavy atom. The van der Waals surface area contributed by atoms with Gasteiger partial charge in [-0.25, -0.2) is 0 Å². The van der Waals surface area contributed by atoms with E-state index < -0.39 is 113 Å². The predicted octanol–water partition coefficient (Wildman–Crippen LogP) is 11.7. The number of halogens is 26. The highest BCUT2D eigenvalue weighted by molar-refractivity contribution is 6.84. The fraction of sp³-hybridized carbons (Fsp3) is 1.00. The lowest BCUT2D eigenvalue weighted by Crippen LogP contribution is -2.70. The standard InChI is InChI=1S/C20H20F26OSi2/c1-48(2,3)47-49(4,7-5-9(21,22)11(25,26)13(29,30)15(33,34)17(37,38)19(41,42)43)8-6-10(23,24)12(27,28)14(31,32)16(35,36)18(39,40)20(44,45)46/h5-8H2,1-4H3. The van der Waals surface area contributed by atoms with Gasteiger partial charge in [0.1, 0.15) is 0 Å². The molecule has 0 saturated carbocycles. The largest absolute Gasteiger partial charge is 0.460 e. The predicted molar refractivity (Wildman–Crippen MR) is 116 cm³/mol. The van der Waals surface area contributed by atoms with Crippen LogP contribution in [0.25, 0.3) is 0 Å². The summed E-state index contributed by atoms with van der Waals surface area (Å²) in [5.41, 5.74) is 0. The molecule has 49 heavy (non-hydrogen) atoms. The summed E-state index contributed by atoms with van der Waals surface area (Å²) in [4.78, 5) is 0. The molecule has 0 N–H and O–H groups in total. The fourth-order valence-corrected chi connectivity index (χ4v) is 12.4. The lowest BCUT2D eigenvalue weighted by molar-refractivity contribution is -0.440. The van der Waals surface area contributed by atoms with Crippen molar-refractivity contribution in [2.75, 3.05) is 0 Å². The second-order valence-electron chi connectivity index (χ2n) is 11.7. The zero-order chi connectivity index (χ0) is 40.5. The van der Waals surface area contributed by atoms with Crippen molar-refractivity contribution in [3.63, 3.8) is 0 Å². The molecule has 0 aromatic carbocycles. The van der Waals surface area contributed by atoms with Gasteiger partial charge in [0, 0.05) is 12.8 Å². The second kappa shape index (κ2) is 12.6. The minimum atomic E-state index is -8.34. The summed E-state index contributed by atoms with van der Waals surface area (Å²) in [5, 5.41) is 0. The van der Waals surface area contributed by atoms with Crippen LogP contribution in [-0.2, 0) is 4.12 Å². The van der Waals surface area contributed by atoms with Gasteiger partial charge in [-0.3, -0.25) is 0 Å². The fourth-order valence-electron chi connectivity index (χ4n) is 3.73. The molecule has 0 spiro atoms. The number of hydrogen-bond donors (Lipinski definition) is 0. The van der Waals surface area contributed by atoms with Crippen molar-refractivity contribution in [2.45, 2.75) is 123 Å². The third kappa shape index (κ3) is 7.85. The number of alkyl halides is 26. The van der Waals surface area contributed by atoms with Gasteiger partial charge in [0.2, 0.25) is 0 Å². The first-order valence-electron chi connectivity index (χ1n) is 12.2. The minimum absolute atomic E-state index is 0.239. The van der Waals surface area contributed by atoms with Gasteiger partial charge in [-0.2, -0.15) is 114 Å². The van der Waals surface area contributed by atoms with Crippen LogP contribution < -0.4 is 0 Å². The molecule has 0 heterocycles. The molecule has 296 valence electrons. The number of hydrogen-bond acceptors (Lipinski definition) is 1. The van der Waals surface area contributed by atoms with Gasteiger partial charge < -0.3 is 4.12 Å². The van der Waals surface area contributed by atoms with Crippen molar-refractivity contribution in [3.05, 3.63) is 0 Å². The van der Waals surface area contributed by atoms with Crippen LogP contribution in [0.4, 0.5) is 114 Å². The lowest BCUT2D eigenvalue weighted by Gasteiger charge is -2.42. The Morgan fingerprint density at radius 2 is 0.531 bits per heavy atom. The summed E-state index contributed by atoms with van der Waals surface area (Å²) in [6.07, 6.45) is -21.8. The molecule has 0 unspecified atom stereocenters. The van der Waals surface area contributed by atoms with Crippen LogP contribution in [0.1, 0.15) is 12.8 Å². The Morgan fingerprint density at radius 1 is 0.327 bits per heavy atom. The van der Waals surface area contributed by atoms with Crippen LogP contribution in [-0.4, -0.2) is 88.2 Å². The molecule has 0 amide bonds. The summed E-state index contributed by atoms with van der Waals surface area (Å²) in [6, 6.07) is -4.34. The Hall–Kier alpha value is -1.43. The molecule has 0 radical (unpaired) electrons. The highest BCUT2D eigenvalue weighted by atomic mass is 28.4. The molecule has 1 nitrogen and oxygen atoms in total. The molecule has 0 fully saturated rings. The van der Waals surface area contributed by atoms with Crippen LogP contribution in [0, 0.1) is 0 Å². The Bertz CT molecular complexity index is 1070. The van der Waals surface area contributed by atoms with Crippen LogP contribution in [0.15, 0.2) is 0 Å². The Kier molecular flexibility index (Phi) is 12.2. The summed E-state index contributed by atoms with van der Waals surface area (Å²) < 4.78 is 353. The molecule has 0 saturated heterocycles. The quantitative estimate of drug-likeness (QED) is 0.111. The first kappa shape index (κ1) is 47.6. The molecule has 0 bridgehead atoms. The SMILES string of the molecule is C[Si](C)(C)O[Si](C)(CCC(F)(F)C(F)(F)C(F)(F)C(F)(F)C(F)(F)C(F)(F)F)CCC(F)(F)C(F)(F)C(F)(F)C(F)(F)C(F)(F)C(F)(F)F. The average molecular weight is 826 g/mol. The van der Waals surface area contributed by atoms with E-state index >= 15 is 0 Å². The molecule has 0 atom stereocenters. The highest BCUT2D eigenvalue weighted by Crippen LogP contribution is 2.63. The molecule has 0 aliphatic rings. The summed E-state index contributed by atoms with van der Waals surface area (Å²) in [7, 11) is -8.78. The van der Waals surface area contributed by atoms with Crippen molar-refractivity contribution < 1.29 is 118 Å². The third-order valence-corrected chi connectivity index (χ3v) is 13.5. The smallest absolute Gasteiger partial charge is 0.455 e. The van der Waals surface area contributed by atoms with Gasteiger partial charge in [-0.1, -0.05) is 0 Å². The van der Waals surface area contributed by atoms with Crippen LogP contribution >= 0.6 is 0 Å². The van der Waals surface area contributed by atoms with Gasteiger partial charge in [0.05, 0.1) is 0 Å². The molecule has 0 aromatic heterocycles. The lowest BCUT2D eigenvalue weighted by atomic mass is 9.93. The molecule has 0 aliphatic carbocycles. The van der Waals surface area contributed by atoms with E-state index in [4.69, 9.17) is 4.12 Å². The average Bonchev–Trinajstić information content (AvgIpc) is 2.83. The van der Waals surface area contributed by atoms with Crippen molar-refractivity contribution in [2.24, 2.45) is 0 Å². The van der Waals surface area contributed by atoms with Gasteiger partial charge >= 0.3 is 71.6 Å². The van der Waals surface area contributed by atoms with E-state index in [1.807, 2.05) is 0 Å². The maximum absolute atomic E-state index is 14.3. The zero-order valence-electron chi connectivity index (χ0n) is 24.1. The number of rotatable bonds is 16. The monoisotopic (exact) mass is 826 g/mol.